The van der Waals surface area contributed by atoms with Gasteiger partial charge in [0.1, 0.15) is 12.2 Å². The second-order valence-electron chi connectivity index (χ2n) is 10.6. The SMILES string of the molecule is CCCCCCC(CC(C)C)OC(=O)c1ccc(C(=O)OC(CCCCCC)CC(C)C)cc1. The van der Waals surface area contributed by atoms with Gasteiger partial charge in [-0.1, -0.05) is 80.1 Å². The molecule has 0 aliphatic carbocycles. The third-order valence-corrected chi connectivity index (χ3v) is 6.13. The molecule has 0 spiro atoms. The highest BCUT2D eigenvalue weighted by Gasteiger charge is 2.20. The molecule has 0 aliphatic heterocycles. The first-order valence-corrected chi connectivity index (χ1v) is 13.8. The van der Waals surface area contributed by atoms with Crippen molar-refractivity contribution in [2.45, 2.75) is 131 Å². The van der Waals surface area contributed by atoms with Crippen LogP contribution in [-0.2, 0) is 9.47 Å². The van der Waals surface area contributed by atoms with E-state index in [1.165, 1.54) is 38.5 Å². The van der Waals surface area contributed by atoms with E-state index in [4.69, 9.17) is 9.47 Å². The highest BCUT2D eigenvalue weighted by Crippen LogP contribution is 2.20. The van der Waals surface area contributed by atoms with Crippen molar-refractivity contribution in [2.75, 3.05) is 0 Å². The molecule has 0 heterocycles. The van der Waals surface area contributed by atoms with Gasteiger partial charge in [0.05, 0.1) is 11.1 Å². The van der Waals surface area contributed by atoms with E-state index in [1.807, 2.05) is 0 Å². The number of carbonyl (C=O) groups excluding carboxylic acids is 2. The van der Waals surface area contributed by atoms with Crippen molar-refractivity contribution in [3.8, 4) is 0 Å². The molecule has 2 atom stereocenters. The summed E-state index contributed by atoms with van der Waals surface area (Å²) in [6, 6.07) is 6.73. The lowest BCUT2D eigenvalue weighted by Crippen LogP contribution is -2.21. The van der Waals surface area contributed by atoms with Crippen LogP contribution in [0.1, 0.15) is 139 Å². The van der Waals surface area contributed by atoms with Gasteiger partial charge in [-0.2, -0.15) is 0 Å². The number of benzene rings is 1. The van der Waals surface area contributed by atoms with E-state index in [2.05, 4.69) is 41.5 Å². The maximum absolute atomic E-state index is 12.7. The molecule has 0 amide bonds. The second kappa shape index (κ2) is 17.6. The maximum atomic E-state index is 12.7. The van der Waals surface area contributed by atoms with E-state index in [0.717, 1.165) is 38.5 Å². The van der Waals surface area contributed by atoms with Crippen LogP contribution in [-0.4, -0.2) is 24.1 Å². The van der Waals surface area contributed by atoms with Crippen LogP contribution < -0.4 is 0 Å². The van der Waals surface area contributed by atoms with Crippen molar-refractivity contribution in [1.82, 2.24) is 0 Å². The Kier molecular flexibility index (Phi) is 15.6. The van der Waals surface area contributed by atoms with Crippen LogP contribution >= 0.6 is 0 Å². The molecule has 194 valence electrons. The Balaban J connectivity index is 2.69. The van der Waals surface area contributed by atoms with Crippen LogP contribution in [0.2, 0.25) is 0 Å². The summed E-state index contributed by atoms with van der Waals surface area (Å²) in [5.74, 6) is 0.327. The minimum atomic E-state index is -0.310. The van der Waals surface area contributed by atoms with Gasteiger partial charge in [-0.05, 0) is 74.6 Å². The Bertz CT molecular complexity index is 619. The fourth-order valence-corrected chi connectivity index (χ4v) is 4.28. The van der Waals surface area contributed by atoms with Crippen LogP contribution in [0.5, 0.6) is 0 Å². The quantitative estimate of drug-likeness (QED) is 0.158. The lowest BCUT2D eigenvalue weighted by Gasteiger charge is -2.20. The molecule has 0 aliphatic rings. The summed E-state index contributed by atoms with van der Waals surface area (Å²) in [5, 5.41) is 0. The van der Waals surface area contributed by atoms with Crippen LogP contribution in [0.15, 0.2) is 24.3 Å². The lowest BCUT2D eigenvalue weighted by atomic mass is 10.00. The number of carbonyl (C=O) groups is 2. The predicted octanol–water partition coefficient (Wildman–Crippen LogP) is 8.77. The van der Waals surface area contributed by atoms with E-state index in [1.54, 1.807) is 24.3 Å². The molecular formula is C30H50O4. The molecule has 0 N–H and O–H groups in total. The molecule has 4 nitrogen and oxygen atoms in total. The van der Waals surface area contributed by atoms with Gasteiger partial charge in [-0.25, -0.2) is 9.59 Å². The van der Waals surface area contributed by atoms with E-state index in [9.17, 15) is 9.59 Å². The summed E-state index contributed by atoms with van der Waals surface area (Å²) < 4.78 is 11.7. The zero-order chi connectivity index (χ0) is 25.3. The van der Waals surface area contributed by atoms with Gasteiger partial charge in [0.25, 0.3) is 0 Å². The maximum Gasteiger partial charge on any atom is 0.338 e. The lowest BCUT2D eigenvalue weighted by molar-refractivity contribution is 0.0210. The van der Waals surface area contributed by atoms with Crippen molar-refractivity contribution < 1.29 is 19.1 Å². The van der Waals surface area contributed by atoms with E-state index in [0.29, 0.717) is 23.0 Å². The summed E-state index contributed by atoms with van der Waals surface area (Å²) in [6.45, 7) is 13.0. The van der Waals surface area contributed by atoms with Crippen molar-refractivity contribution in [2.24, 2.45) is 11.8 Å². The molecule has 0 saturated heterocycles. The minimum Gasteiger partial charge on any atom is -0.459 e. The zero-order valence-corrected chi connectivity index (χ0v) is 22.7. The molecule has 0 aromatic heterocycles. The fraction of sp³-hybridized carbons (Fsp3) is 0.733. The van der Waals surface area contributed by atoms with Crippen molar-refractivity contribution in [3.05, 3.63) is 35.4 Å². The molecule has 0 bridgehead atoms. The minimum absolute atomic E-state index is 0.0569. The highest BCUT2D eigenvalue weighted by atomic mass is 16.5. The van der Waals surface area contributed by atoms with Gasteiger partial charge < -0.3 is 9.47 Å². The fourth-order valence-electron chi connectivity index (χ4n) is 4.28. The van der Waals surface area contributed by atoms with Gasteiger partial charge in [-0.15, -0.1) is 0 Å². The first kappa shape index (κ1) is 30.2. The largest absolute Gasteiger partial charge is 0.459 e. The van der Waals surface area contributed by atoms with Gasteiger partial charge in [-0.3, -0.25) is 0 Å². The predicted molar refractivity (Wildman–Crippen MR) is 141 cm³/mol. The molecular weight excluding hydrogens is 424 g/mol. The van der Waals surface area contributed by atoms with Crippen molar-refractivity contribution in [1.29, 1.82) is 0 Å². The van der Waals surface area contributed by atoms with Crippen LogP contribution in [0.4, 0.5) is 0 Å². The molecule has 34 heavy (non-hydrogen) atoms. The second-order valence-corrected chi connectivity index (χ2v) is 10.6. The Morgan fingerprint density at radius 3 is 1.26 bits per heavy atom. The van der Waals surface area contributed by atoms with E-state index in [-0.39, 0.29) is 24.1 Å². The Morgan fingerprint density at radius 1 is 0.618 bits per heavy atom. The molecule has 1 aromatic rings. The van der Waals surface area contributed by atoms with Gasteiger partial charge in [0, 0.05) is 0 Å². The van der Waals surface area contributed by atoms with Gasteiger partial charge in [0.2, 0.25) is 0 Å². The topological polar surface area (TPSA) is 52.6 Å². The zero-order valence-electron chi connectivity index (χ0n) is 22.7. The Morgan fingerprint density at radius 2 is 0.971 bits per heavy atom. The summed E-state index contributed by atoms with van der Waals surface area (Å²) >= 11 is 0. The number of hydrogen-bond donors (Lipinski definition) is 0. The Labute approximate surface area is 209 Å². The summed E-state index contributed by atoms with van der Waals surface area (Å²) in [5.41, 5.74) is 0.967. The smallest absolute Gasteiger partial charge is 0.338 e. The van der Waals surface area contributed by atoms with Crippen molar-refractivity contribution in [3.63, 3.8) is 0 Å². The van der Waals surface area contributed by atoms with Crippen LogP contribution in [0.25, 0.3) is 0 Å². The summed E-state index contributed by atoms with van der Waals surface area (Å²) in [7, 11) is 0. The molecule has 0 fully saturated rings. The normalized spacial score (nSPS) is 13.2. The van der Waals surface area contributed by atoms with Crippen LogP contribution in [0, 0.1) is 11.8 Å². The van der Waals surface area contributed by atoms with Crippen LogP contribution in [0.3, 0.4) is 0 Å². The average molecular weight is 475 g/mol. The number of unbranched alkanes of at least 4 members (excludes halogenated alkanes) is 6. The Hall–Kier alpha value is -1.84. The number of hydrogen-bond acceptors (Lipinski definition) is 4. The van der Waals surface area contributed by atoms with E-state index < -0.39 is 0 Å². The first-order chi connectivity index (χ1) is 16.3. The highest BCUT2D eigenvalue weighted by molar-refractivity contribution is 5.93. The molecule has 4 heteroatoms. The molecule has 1 rings (SSSR count). The monoisotopic (exact) mass is 474 g/mol. The molecule has 0 radical (unpaired) electrons. The molecule has 2 unspecified atom stereocenters. The first-order valence-electron chi connectivity index (χ1n) is 13.8. The average Bonchev–Trinajstić information content (AvgIpc) is 2.78. The van der Waals surface area contributed by atoms with Gasteiger partial charge in [0.15, 0.2) is 0 Å². The third-order valence-electron chi connectivity index (χ3n) is 6.13. The summed E-state index contributed by atoms with van der Waals surface area (Å²) in [6.07, 6.45) is 12.8. The standard InChI is InChI=1S/C30H50O4/c1-7-9-11-13-15-27(21-23(3)4)33-29(31)25-17-19-26(20-18-25)30(32)34-28(22-24(5)6)16-14-12-10-8-2/h17-20,23-24,27-28H,7-16,21-22H2,1-6H3. The van der Waals surface area contributed by atoms with Gasteiger partial charge >= 0.3 is 11.9 Å². The molecule has 0 saturated carbocycles. The summed E-state index contributed by atoms with van der Waals surface area (Å²) in [4.78, 5) is 25.5. The van der Waals surface area contributed by atoms with E-state index >= 15 is 0 Å². The number of esters is 2. The number of ether oxygens (including phenoxy) is 2. The van der Waals surface area contributed by atoms with Crippen molar-refractivity contribution >= 4 is 11.9 Å². The number of rotatable bonds is 18. The third kappa shape index (κ3) is 13.2. The molecule has 1 aromatic carbocycles.